The molecule has 0 amide bonds. The number of nitrogens with zero attached hydrogens (tertiary/aromatic N) is 1. The van der Waals surface area contributed by atoms with E-state index in [1.54, 1.807) is 24.3 Å². The third-order valence-corrected chi connectivity index (χ3v) is 4.16. The van der Waals surface area contributed by atoms with E-state index in [1.807, 2.05) is 62.4 Å². The summed E-state index contributed by atoms with van der Waals surface area (Å²) in [5.41, 5.74) is 4.34. The Morgan fingerprint density at radius 3 is 1.92 bits per heavy atom. The molecule has 0 aliphatic heterocycles. The van der Waals surface area contributed by atoms with Crippen LogP contribution in [0, 0.1) is 13.8 Å². The number of halogens is 1. The van der Waals surface area contributed by atoms with E-state index in [1.165, 1.54) is 0 Å². The van der Waals surface area contributed by atoms with Crippen molar-refractivity contribution in [2.45, 2.75) is 13.8 Å². The normalized spacial score (nSPS) is 11.3. The van der Waals surface area contributed by atoms with Crippen LogP contribution in [0.2, 0.25) is 5.02 Å². The lowest BCUT2D eigenvalue weighted by atomic mass is 10.1. The first kappa shape index (κ1) is 17.9. The van der Waals surface area contributed by atoms with Gasteiger partial charge < -0.3 is 5.32 Å². The minimum atomic E-state index is -0.192. The number of carbonyl (C=O) groups is 1. The van der Waals surface area contributed by atoms with Crippen LogP contribution in [-0.4, -0.2) is 11.6 Å². The summed E-state index contributed by atoms with van der Waals surface area (Å²) >= 11 is 5.93. The molecular formula is C22H19ClN2O. The third kappa shape index (κ3) is 4.58. The van der Waals surface area contributed by atoms with Crippen molar-refractivity contribution in [2.24, 2.45) is 4.99 Å². The van der Waals surface area contributed by atoms with Crippen LogP contribution in [0.1, 0.15) is 21.5 Å². The van der Waals surface area contributed by atoms with E-state index < -0.39 is 0 Å². The van der Waals surface area contributed by atoms with Gasteiger partial charge in [-0.3, -0.25) is 4.79 Å². The van der Waals surface area contributed by atoms with E-state index >= 15 is 0 Å². The van der Waals surface area contributed by atoms with Crippen LogP contribution in [-0.2, 0) is 0 Å². The summed E-state index contributed by atoms with van der Waals surface area (Å²) in [6, 6.07) is 22.3. The number of aryl methyl sites for hydroxylation is 2. The topological polar surface area (TPSA) is 41.5 Å². The average Bonchev–Trinajstić information content (AvgIpc) is 2.65. The van der Waals surface area contributed by atoms with Crippen LogP contribution in [0.15, 0.2) is 77.8 Å². The molecule has 4 heteroatoms. The van der Waals surface area contributed by atoms with Crippen molar-refractivity contribution >= 4 is 34.6 Å². The van der Waals surface area contributed by atoms with Gasteiger partial charge in [0.1, 0.15) is 0 Å². The second-order valence-electron chi connectivity index (χ2n) is 6.12. The number of anilines is 1. The second kappa shape index (κ2) is 7.98. The number of hydrogen-bond acceptors (Lipinski definition) is 2. The molecule has 0 saturated heterocycles. The lowest BCUT2D eigenvalue weighted by Crippen LogP contribution is -2.23. The summed E-state index contributed by atoms with van der Waals surface area (Å²) in [7, 11) is 0. The van der Waals surface area contributed by atoms with Crippen molar-refractivity contribution in [2.75, 3.05) is 5.32 Å². The Morgan fingerprint density at radius 2 is 1.35 bits per heavy atom. The number of Topliss-reactive ketones (excluding diaryl/α,β-unsaturated/α-hetero) is 1. The Kier molecular flexibility index (Phi) is 5.49. The predicted molar refractivity (Wildman–Crippen MR) is 109 cm³/mol. The van der Waals surface area contributed by atoms with Crippen LogP contribution in [0.4, 0.5) is 11.4 Å². The number of ketones is 1. The van der Waals surface area contributed by atoms with E-state index in [4.69, 9.17) is 11.6 Å². The molecule has 3 aromatic rings. The molecule has 3 rings (SSSR count). The minimum absolute atomic E-state index is 0.192. The predicted octanol–water partition coefficient (Wildman–Crippen LogP) is 5.98. The molecule has 3 aromatic carbocycles. The molecule has 1 N–H and O–H groups in total. The first-order valence-electron chi connectivity index (χ1n) is 8.30. The van der Waals surface area contributed by atoms with Crippen molar-refractivity contribution in [1.29, 1.82) is 0 Å². The first-order chi connectivity index (χ1) is 12.5. The van der Waals surface area contributed by atoms with Gasteiger partial charge in [-0.25, -0.2) is 4.99 Å². The summed E-state index contributed by atoms with van der Waals surface area (Å²) in [4.78, 5) is 17.5. The molecule has 0 aliphatic carbocycles. The van der Waals surface area contributed by atoms with Gasteiger partial charge in [0.15, 0.2) is 5.84 Å². The van der Waals surface area contributed by atoms with Gasteiger partial charge >= 0.3 is 0 Å². The van der Waals surface area contributed by atoms with Crippen molar-refractivity contribution in [1.82, 2.24) is 0 Å². The zero-order valence-corrected chi connectivity index (χ0v) is 15.4. The van der Waals surface area contributed by atoms with Crippen LogP contribution in [0.5, 0.6) is 0 Å². The quantitative estimate of drug-likeness (QED) is 0.352. The molecule has 130 valence electrons. The molecule has 0 fully saturated rings. The van der Waals surface area contributed by atoms with Gasteiger partial charge in [0.25, 0.3) is 0 Å². The van der Waals surface area contributed by atoms with Crippen molar-refractivity contribution < 1.29 is 4.79 Å². The Bertz CT molecular complexity index is 927. The Hall–Kier alpha value is -2.91. The molecular weight excluding hydrogens is 344 g/mol. The van der Waals surface area contributed by atoms with Crippen LogP contribution in [0.3, 0.4) is 0 Å². The molecule has 0 saturated carbocycles. The average molecular weight is 363 g/mol. The molecule has 0 aromatic heterocycles. The molecule has 0 atom stereocenters. The minimum Gasteiger partial charge on any atom is -0.337 e. The molecule has 0 heterocycles. The van der Waals surface area contributed by atoms with E-state index in [2.05, 4.69) is 10.3 Å². The van der Waals surface area contributed by atoms with Gasteiger partial charge in [-0.2, -0.15) is 0 Å². The summed E-state index contributed by atoms with van der Waals surface area (Å²) < 4.78 is 0. The van der Waals surface area contributed by atoms with E-state index in [0.717, 1.165) is 16.8 Å². The fourth-order valence-corrected chi connectivity index (χ4v) is 2.52. The lowest BCUT2D eigenvalue weighted by molar-refractivity contribution is 0.106. The van der Waals surface area contributed by atoms with Gasteiger partial charge in [0.2, 0.25) is 5.78 Å². The number of benzene rings is 3. The van der Waals surface area contributed by atoms with Crippen LogP contribution in [0.25, 0.3) is 0 Å². The van der Waals surface area contributed by atoms with E-state index in [-0.39, 0.29) is 11.6 Å². The maximum atomic E-state index is 13.0. The van der Waals surface area contributed by atoms with Gasteiger partial charge in [-0.15, -0.1) is 0 Å². The Morgan fingerprint density at radius 1 is 0.808 bits per heavy atom. The number of carbonyl (C=O) groups excluding carboxylic acids is 1. The maximum absolute atomic E-state index is 13.0. The van der Waals surface area contributed by atoms with Crippen LogP contribution >= 0.6 is 11.6 Å². The zero-order chi connectivity index (χ0) is 18.5. The number of aliphatic imine (C=N–C) groups is 1. The Labute approximate surface area is 158 Å². The van der Waals surface area contributed by atoms with Crippen molar-refractivity contribution in [3.8, 4) is 0 Å². The molecule has 3 nitrogen and oxygen atoms in total. The smallest absolute Gasteiger partial charge is 0.228 e. The maximum Gasteiger partial charge on any atom is 0.228 e. The Balaban J connectivity index is 1.97. The summed E-state index contributed by atoms with van der Waals surface area (Å²) in [5, 5.41) is 3.74. The fourth-order valence-electron chi connectivity index (χ4n) is 2.40. The van der Waals surface area contributed by atoms with Crippen molar-refractivity contribution in [3.05, 3.63) is 94.5 Å². The molecule has 26 heavy (non-hydrogen) atoms. The highest BCUT2D eigenvalue weighted by molar-refractivity contribution is 6.49. The van der Waals surface area contributed by atoms with Gasteiger partial charge in [0, 0.05) is 16.3 Å². The first-order valence-corrected chi connectivity index (χ1v) is 8.68. The zero-order valence-electron chi connectivity index (χ0n) is 14.7. The number of hydrogen-bond donors (Lipinski definition) is 1. The van der Waals surface area contributed by atoms with Gasteiger partial charge in [-0.05, 0) is 62.4 Å². The summed E-state index contributed by atoms with van der Waals surface area (Å²) in [6.07, 6.45) is 0. The molecule has 0 aliphatic rings. The standard InChI is InChI=1S/C22H19ClN2O/c1-15-3-11-19(12-4-15)24-22(25-20-13-5-16(2)6-14-20)21(26)17-7-9-18(23)10-8-17/h3-14H,1-2H3,(H,24,25). The number of rotatable bonds is 4. The molecule has 0 unspecified atom stereocenters. The number of nitrogens with one attached hydrogen (secondary N) is 1. The fraction of sp³-hybridized carbons (Fsp3) is 0.0909. The molecule has 0 spiro atoms. The van der Waals surface area contributed by atoms with Crippen LogP contribution < -0.4 is 5.32 Å². The second-order valence-corrected chi connectivity index (χ2v) is 6.56. The molecule has 0 radical (unpaired) electrons. The SMILES string of the molecule is Cc1ccc(N=C(Nc2ccc(C)cc2)C(=O)c2ccc(Cl)cc2)cc1. The lowest BCUT2D eigenvalue weighted by Gasteiger charge is -2.10. The highest BCUT2D eigenvalue weighted by atomic mass is 35.5. The highest BCUT2D eigenvalue weighted by Crippen LogP contribution is 2.17. The third-order valence-electron chi connectivity index (χ3n) is 3.91. The summed E-state index contributed by atoms with van der Waals surface area (Å²) in [5.74, 6) is 0.0721. The monoisotopic (exact) mass is 362 g/mol. The van der Waals surface area contributed by atoms with E-state index in [0.29, 0.717) is 16.3 Å². The van der Waals surface area contributed by atoms with Gasteiger partial charge in [0.05, 0.1) is 5.69 Å². The largest absolute Gasteiger partial charge is 0.337 e. The van der Waals surface area contributed by atoms with Crippen molar-refractivity contribution in [3.63, 3.8) is 0 Å². The number of amidine groups is 1. The van der Waals surface area contributed by atoms with E-state index in [9.17, 15) is 4.79 Å². The molecule has 0 bridgehead atoms. The summed E-state index contributed by atoms with van der Waals surface area (Å²) in [6.45, 7) is 4.03. The highest BCUT2D eigenvalue weighted by Gasteiger charge is 2.15. The van der Waals surface area contributed by atoms with Gasteiger partial charge in [-0.1, -0.05) is 47.0 Å².